The Morgan fingerprint density at radius 3 is 2.40 bits per heavy atom. The molecular weight excluding hydrogens is 320 g/mol. The van der Waals surface area contributed by atoms with Crippen LogP contribution in [0.3, 0.4) is 0 Å². The largest absolute Gasteiger partial charge is 0.478 e. The molecule has 3 rings (SSSR count). The minimum Gasteiger partial charge on any atom is -0.478 e. The fourth-order valence-electron chi connectivity index (χ4n) is 2.76. The smallest absolute Gasteiger partial charge is 0.328 e. The lowest BCUT2D eigenvalue weighted by atomic mass is 10.0. The molecule has 0 saturated heterocycles. The molecular formula is C19H22N2O4. The molecule has 1 unspecified atom stereocenters. The lowest BCUT2D eigenvalue weighted by molar-refractivity contribution is -0.134. The van der Waals surface area contributed by atoms with E-state index >= 15 is 0 Å². The molecule has 1 aliphatic rings. The third kappa shape index (κ3) is 6.27. The van der Waals surface area contributed by atoms with Crippen LogP contribution >= 0.6 is 0 Å². The van der Waals surface area contributed by atoms with Crippen molar-refractivity contribution in [3.05, 3.63) is 72.1 Å². The van der Waals surface area contributed by atoms with Crippen LogP contribution in [0.5, 0.6) is 0 Å². The van der Waals surface area contributed by atoms with E-state index in [-0.39, 0.29) is 0 Å². The van der Waals surface area contributed by atoms with Gasteiger partial charge in [-0.15, -0.1) is 0 Å². The monoisotopic (exact) mass is 342 g/mol. The van der Waals surface area contributed by atoms with Crippen molar-refractivity contribution in [3.63, 3.8) is 0 Å². The van der Waals surface area contributed by atoms with E-state index in [1.165, 1.54) is 17.7 Å². The molecule has 1 aromatic carbocycles. The average Bonchev–Trinajstić information content (AvgIpc) is 3.09. The number of nitrogens with one attached hydrogen (secondary N) is 1. The molecule has 132 valence electrons. The molecule has 1 aliphatic heterocycles. The van der Waals surface area contributed by atoms with E-state index in [0.717, 1.165) is 19.5 Å². The van der Waals surface area contributed by atoms with Crippen LogP contribution in [-0.2, 0) is 22.6 Å². The minimum absolute atomic E-state index is 0.513. The molecule has 0 amide bonds. The molecule has 2 aromatic rings. The molecule has 1 atom stereocenters. The molecule has 6 nitrogen and oxygen atoms in total. The Balaban J connectivity index is 0.000000242. The maximum atomic E-state index is 9.55. The summed E-state index contributed by atoms with van der Waals surface area (Å²) in [5.74, 6) is -2.51. The van der Waals surface area contributed by atoms with Crippen LogP contribution in [0.15, 0.2) is 60.8 Å². The lowest BCUT2D eigenvalue weighted by Crippen LogP contribution is -2.33. The van der Waals surface area contributed by atoms with Crippen molar-refractivity contribution >= 4 is 11.9 Å². The van der Waals surface area contributed by atoms with Crippen molar-refractivity contribution in [2.24, 2.45) is 0 Å². The Kier molecular flexibility index (Phi) is 6.98. The van der Waals surface area contributed by atoms with Crippen LogP contribution in [0.2, 0.25) is 0 Å². The third-order valence-electron chi connectivity index (χ3n) is 3.90. The van der Waals surface area contributed by atoms with Gasteiger partial charge in [0.25, 0.3) is 0 Å². The van der Waals surface area contributed by atoms with Gasteiger partial charge in [0.05, 0.1) is 0 Å². The van der Waals surface area contributed by atoms with Gasteiger partial charge < -0.3 is 20.1 Å². The predicted octanol–water partition coefficient (Wildman–Crippen LogP) is 2.48. The fourth-order valence-corrected chi connectivity index (χ4v) is 2.76. The second kappa shape index (κ2) is 9.44. The van der Waals surface area contributed by atoms with Crippen LogP contribution in [0.25, 0.3) is 0 Å². The number of hydrogen-bond donors (Lipinski definition) is 3. The van der Waals surface area contributed by atoms with E-state index in [1.807, 2.05) is 0 Å². The van der Waals surface area contributed by atoms with Gasteiger partial charge in [-0.2, -0.15) is 0 Å². The molecule has 2 heterocycles. The van der Waals surface area contributed by atoms with Crippen molar-refractivity contribution in [2.45, 2.75) is 25.4 Å². The van der Waals surface area contributed by atoms with Crippen LogP contribution in [0, 0.1) is 0 Å². The maximum absolute atomic E-state index is 9.55. The number of aryl methyl sites for hydroxylation is 1. The number of aromatic nitrogens is 1. The summed E-state index contributed by atoms with van der Waals surface area (Å²) in [4.78, 5) is 19.1. The highest BCUT2D eigenvalue weighted by Crippen LogP contribution is 2.22. The Hall–Kier alpha value is -2.86. The summed E-state index contributed by atoms with van der Waals surface area (Å²) in [5, 5.41) is 19.2. The SMILES string of the molecule is O=C(O)/C=C/C(=O)O.c1ccc(CCC2NCCn3cccc32)cc1. The Morgan fingerprint density at radius 2 is 1.76 bits per heavy atom. The van der Waals surface area contributed by atoms with Gasteiger partial charge in [0.15, 0.2) is 0 Å². The van der Waals surface area contributed by atoms with Crippen molar-refractivity contribution in [3.8, 4) is 0 Å². The first-order chi connectivity index (χ1) is 12.1. The van der Waals surface area contributed by atoms with E-state index in [0.29, 0.717) is 18.2 Å². The fraction of sp³-hybridized carbons (Fsp3) is 0.263. The molecule has 6 heteroatoms. The molecule has 0 aliphatic carbocycles. The number of aliphatic carboxylic acids is 2. The molecule has 25 heavy (non-hydrogen) atoms. The topological polar surface area (TPSA) is 91.6 Å². The van der Waals surface area contributed by atoms with E-state index in [4.69, 9.17) is 10.2 Å². The van der Waals surface area contributed by atoms with E-state index in [2.05, 4.69) is 58.5 Å². The van der Waals surface area contributed by atoms with E-state index in [9.17, 15) is 9.59 Å². The highest BCUT2D eigenvalue weighted by Gasteiger charge is 2.18. The van der Waals surface area contributed by atoms with Gasteiger partial charge in [-0.3, -0.25) is 0 Å². The molecule has 1 aromatic heterocycles. The zero-order chi connectivity index (χ0) is 18.1. The lowest BCUT2D eigenvalue weighted by Gasteiger charge is -2.26. The minimum atomic E-state index is -1.26. The first-order valence-electron chi connectivity index (χ1n) is 8.12. The van der Waals surface area contributed by atoms with E-state index < -0.39 is 11.9 Å². The van der Waals surface area contributed by atoms with E-state index in [1.54, 1.807) is 0 Å². The normalized spacial score (nSPS) is 15.9. The van der Waals surface area contributed by atoms with Gasteiger partial charge in [0.1, 0.15) is 0 Å². The standard InChI is InChI=1S/C15H18N2.C4H4O4/c1-2-5-13(6-3-1)8-9-14-15-7-4-11-17(15)12-10-16-14;5-3(6)1-2-4(7)8/h1-7,11,14,16H,8-10,12H2;1-2H,(H,5,6)(H,7,8)/b;2-1+. The highest BCUT2D eigenvalue weighted by molar-refractivity contribution is 5.89. The number of fused-ring (bicyclic) bond motifs is 1. The second-order valence-electron chi connectivity index (χ2n) is 5.67. The number of benzene rings is 1. The first kappa shape index (κ1) is 18.5. The summed E-state index contributed by atoms with van der Waals surface area (Å²) in [6.07, 6.45) is 5.62. The van der Waals surface area contributed by atoms with Crippen molar-refractivity contribution in [2.75, 3.05) is 6.54 Å². The molecule has 0 radical (unpaired) electrons. The second-order valence-corrected chi connectivity index (χ2v) is 5.67. The Morgan fingerprint density at radius 1 is 1.08 bits per heavy atom. The van der Waals surface area contributed by atoms with Crippen LogP contribution < -0.4 is 5.32 Å². The number of hydrogen-bond acceptors (Lipinski definition) is 3. The van der Waals surface area contributed by atoms with Crippen molar-refractivity contribution < 1.29 is 19.8 Å². The van der Waals surface area contributed by atoms with Gasteiger partial charge in [-0.1, -0.05) is 30.3 Å². The van der Waals surface area contributed by atoms with Crippen molar-refractivity contribution in [1.82, 2.24) is 9.88 Å². The highest BCUT2D eigenvalue weighted by atomic mass is 16.4. The first-order valence-corrected chi connectivity index (χ1v) is 8.12. The summed E-state index contributed by atoms with van der Waals surface area (Å²) < 4.78 is 2.37. The number of carbonyl (C=O) groups is 2. The quantitative estimate of drug-likeness (QED) is 0.726. The number of carboxylic acids is 2. The summed E-state index contributed by atoms with van der Waals surface area (Å²) >= 11 is 0. The summed E-state index contributed by atoms with van der Waals surface area (Å²) in [7, 11) is 0. The zero-order valence-corrected chi connectivity index (χ0v) is 13.8. The zero-order valence-electron chi connectivity index (χ0n) is 13.8. The molecule has 0 bridgehead atoms. The average molecular weight is 342 g/mol. The molecule has 0 saturated carbocycles. The van der Waals surface area contributed by atoms with Crippen LogP contribution in [-0.4, -0.2) is 33.3 Å². The third-order valence-corrected chi connectivity index (χ3v) is 3.90. The number of carboxylic acid groups (broad SMARTS) is 2. The predicted molar refractivity (Wildman–Crippen MR) is 94.4 cm³/mol. The van der Waals surface area contributed by atoms with Gasteiger partial charge in [-0.25, -0.2) is 9.59 Å². The summed E-state index contributed by atoms with van der Waals surface area (Å²) in [6.45, 7) is 2.19. The molecule has 0 fully saturated rings. The molecule has 0 spiro atoms. The van der Waals surface area contributed by atoms with Crippen LogP contribution in [0.4, 0.5) is 0 Å². The Bertz CT molecular complexity index is 706. The number of nitrogens with zero attached hydrogens (tertiary/aromatic N) is 1. The summed E-state index contributed by atoms with van der Waals surface area (Å²) in [5.41, 5.74) is 2.87. The van der Waals surface area contributed by atoms with Gasteiger partial charge in [0.2, 0.25) is 0 Å². The van der Waals surface area contributed by atoms with Gasteiger partial charge in [0, 0.05) is 43.2 Å². The van der Waals surface area contributed by atoms with Crippen LogP contribution in [0.1, 0.15) is 23.7 Å². The summed E-state index contributed by atoms with van der Waals surface area (Å²) in [6, 6.07) is 15.6. The van der Waals surface area contributed by atoms with Gasteiger partial charge >= 0.3 is 11.9 Å². The van der Waals surface area contributed by atoms with Crippen molar-refractivity contribution in [1.29, 1.82) is 0 Å². The Labute approximate surface area is 146 Å². The maximum Gasteiger partial charge on any atom is 0.328 e. The number of rotatable bonds is 5. The molecule has 3 N–H and O–H groups in total. The van der Waals surface area contributed by atoms with Gasteiger partial charge in [-0.05, 0) is 30.5 Å².